The minimum atomic E-state index is 0.00796. The molecule has 0 atom stereocenters. The van der Waals surface area contributed by atoms with Crippen molar-refractivity contribution in [3.05, 3.63) is 29.8 Å². The number of nitrogens with one attached hydrogen (secondary N) is 2. The standard InChI is InChI=1S/C16H25N3O/c1-17-15-9-4-3-8-14(15)16(20)18-10-7-13-19-11-5-2-6-12-19/h3-4,8-9,17H,2,5-7,10-13H2,1H3,(H,18,20). The predicted octanol–water partition coefficient (Wildman–Crippen LogP) is 2.33. The van der Waals surface area contributed by atoms with E-state index in [1.54, 1.807) is 0 Å². The fourth-order valence-corrected chi connectivity index (χ4v) is 2.68. The second-order valence-electron chi connectivity index (χ2n) is 5.31. The molecule has 2 N–H and O–H groups in total. The fourth-order valence-electron chi connectivity index (χ4n) is 2.68. The number of rotatable bonds is 6. The van der Waals surface area contributed by atoms with Gasteiger partial charge in [-0.3, -0.25) is 4.79 Å². The van der Waals surface area contributed by atoms with Gasteiger partial charge in [-0.2, -0.15) is 0 Å². The highest BCUT2D eigenvalue weighted by atomic mass is 16.1. The summed E-state index contributed by atoms with van der Waals surface area (Å²) in [4.78, 5) is 14.6. The molecule has 1 amide bonds. The van der Waals surface area contributed by atoms with Gasteiger partial charge < -0.3 is 15.5 Å². The lowest BCUT2D eigenvalue weighted by atomic mass is 10.1. The number of likely N-dealkylation sites (tertiary alicyclic amines) is 1. The van der Waals surface area contributed by atoms with Gasteiger partial charge in [0.15, 0.2) is 0 Å². The third-order valence-corrected chi connectivity index (χ3v) is 3.83. The normalized spacial score (nSPS) is 15.8. The summed E-state index contributed by atoms with van der Waals surface area (Å²) in [5, 5.41) is 6.06. The average molecular weight is 275 g/mol. The predicted molar refractivity (Wildman–Crippen MR) is 83.2 cm³/mol. The Balaban J connectivity index is 1.72. The SMILES string of the molecule is CNc1ccccc1C(=O)NCCCN1CCCCC1. The smallest absolute Gasteiger partial charge is 0.253 e. The van der Waals surface area contributed by atoms with Crippen LogP contribution in [0.5, 0.6) is 0 Å². The molecule has 1 aromatic carbocycles. The van der Waals surface area contributed by atoms with Crippen molar-refractivity contribution in [2.75, 3.05) is 38.5 Å². The highest BCUT2D eigenvalue weighted by molar-refractivity contribution is 5.99. The molecule has 0 radical (unpaired) electrons. The number of carbonyl (C=O) groups excluding carboxylic acids is 1. The molecular weight excluding hydrogens is 250 g/mol. The van der Waals surface area contributed by atoms with Crippen LogP contribution < -0.4 is 10.6 Å². The van der Waals surface area contributed by atoms with Gasteiger partial charge in [-0.05, 0) is 51.0 Å². The third kappa shape index (κ3) is 4.23. The first-order valence-electron chi connectivity index (χ1n) is 7.58. The molecule has 1 aliphatic rings. The summed E-state index contributed by atoms with van der Waals surface area (Å²) in [5.74, 6) is 0.00796. The molecule has 1 heterocycles. The third-order valence-electron chi connectivity index (χ3n) is 3.83. The number of piperidine rings is 1. The lowest BCUT2D eigenvalue weighted by Gasteiger charge is -2.26. The van der Waals surface area contributed by atoms with Crippen molar-refractivity contribution in [1.82, 2.24) is 10.2 Å². The molecule has 4 nitrogen and oxygen atoms in total. The highest BCUT2D eigenvalue weighted by Gasteiger charge is 2.11. The number of benzene rings is 1. The van der Waals surface area contributed by atoms with Gasteiger partial charge in [-0.25, -0.2) is 0 Å². The van der Waals surface area contributed by atoms with Gasteiger partial charge >= 0.3 is 0 Å². The number of hydrogen-bond donors (Lipinski definition) is 2. The topological polar surface area (TPSA) is 44.4 Å². The Labute approximate surface area is 121 Å². The summed E-state index contributed by atoms with van der Waals surface area (Å²) in [6, 6.07) is 7.59. The van der Waals surface area contributed by atoms with E-state index in [1.165, 1.54) is 32.4 Å². The first-order chi connectivity index (χ1) is 9.81. The zero-order valence-electron chi connectivity index (χ0n) is 12.3. The summed E-state index contributed by atoms with van der Waals surface area (Å²) in [7, 11) is 1.84. The van der Waals surface area contributed by atoms with Crippen LogP contribution in [0.3, 0.4) is 0 Å². The van der Waals surface area contributed by atoms with Crippen LogP contribution in [0, 0.1) is 0 Å². The molecule has 1 aromatic rings. The quantitative estimate of drug-likeness (QED) is 0.783. The lowest BCUT2D eigenvalue weighted by Crippen LogP contribution is -2.33. The van der Waals surface area contributed by atoms with Crippen LogP contribution >= 0.6 is 0 Å². The molecular formula is C16H25N3O. The van der Waals surface area contributed by atoms with E-state index < -0.39 is 0 Å². The molecule has 110 valence electrons. The number of carbonyl (C=O) groups is 1. The Morgan fingerprint density at radius 1 is 1.20 bits per heavy atom. The molecule has 0 aliphatic carbocycles. The Morgan fingerprint density at radius 2 is 1.95 bits per heavy atom. The average Bonchev–Trinajstić information content (AvgIpc) is 2.52. The van der Waals surface area contributed by atoms with E-state index in [2.05, 4.69) is 15.5 Å². The van der Waals surface area contributed by atoms with Crippen molar-refractivity contribution in [1.29, 1.82) is 0 Å². The van der Waals surface area contributed by atoms with Crippen LogP contribution in [0.1, 0.15) is 36.0 Å². The highest BCUT2D eigenvalue weighted by Crippen LogP contribution is 2.13. The number of amides is 1. The van der Waals surface area contributed by atoms with E-state index in [9.17, 15) is 4.79 Å². The Kier molecular flexibility index (Phi) is 5.87. The molecule has 0 bridgehead atoms. The zero-order valence-corrected chi connectivity index (χ0v) is 12.3. The minimum Gasteiger partial charge on any atom is -0.387 e. The van der Waals surface area contributed by atoms with Gasteiger partial charge in [0.25, 0.3) is 5.91 Å². The van der Waals surface area contributed by atoms with Crippen LogP contribution in [0.4, 0.5) is 5.69 Å². The van der Waals surface area contributed by atoms with E-state index in [0.29, 0.717) is 5.56 Å². The minimum absolute atomic E-state index is 0.00796. The Bertz CT molecular complexity index is 427. The molecule has 1 fully saturated rings. The maximum absolute atomic E-state index is 12.1. The summed E-state index contributed by atoms with van der Waals surface area (Å²) in [5.41, 5.74) is 1.59. The van der Waals surface area contributed by atoms with Crippen molar-refractivity contribution >= 4 is 11.6 Å². The van der Waals surface area contributed by atoms with Gasteiger partial charge in [-0.15, -0.1) is 0 Å². The van der Waals surface area contributed by atoms with Gasteiger partial charge in [0.2, 0.25) is 0 Å². The monoisotopic (exact) mass is 275 g/mol. The first kappa shape index (κ1) is 14.9. The van der Waals surface area contributed by atoms with Gasteiger partial charge in [-0.1, -0.05) is 18.6 Å². The fraction of sp³-hybridized carbons (Fsp3) is 0.562. The van der Waals surface area contributed by atoms with Crippen molar-refractivity contribution in [3.8, 4) is 0 Å². The number of para-hydroxylation sites is 1. The van der Waals surface area contributed by atoms with Crippen molar-refractivity contribution < 1.29 is 4.79 Å². The molecule has 0 aromatic heterocycles. The zero-order chi connectivity index (χ0) is 14.2. The van der Waals surface area contributed by atoms with Crippen LogP contribution in [0.2, 0.25) is 0 Å². The molecule has 20 heavy (non-hydrogen) atoms. The summed E-state index contributed by atoms with van der Waals surface area (Å²) >= 11 is 0. The number of anilines is 1. The van der Waals surface area contributed by atoms with Gasteiger partial charge in [0.05, 0.1) is 5.56 Å². The van der Waals surface area contributed by atoms with E-state index in [-0.39, 0.29) is 5.91 Å². The van der Waals surface area contributed by atoms with Crippen molar-refractivity contribution in [2.45, 2.75) is 25.7 Å². The summed E-state index contributed by atoms with van der Waals surface area (Å²) < 4.78 is 0. The van der Waals surface area contributed by atoms with Crippen LogP contribution in [0.25, 0.3) is 0 Å². The Morgan fingerprint density at radius 3 is 2.70 bits per heavy atom. The van der Waals surface area contributed by atoms with Crippen molar-refractivity contribution in [2.24, 2.45) is 0 Å². The summed E-state index contributed by atoms with van der Waals surface area (Å²) in [6.07, 6.45) is 5.03. The van der Waals surface area contributed by atoms with E-state index in [4.69, 9.17) is 0 Å². The maximum Gasteiger partial charge on any atom is 0.253 e. The van der Waals surface area contributed by atoms with E-state index in [1.807, 2.05) is 31.3 Å². The van der Waals surface area contributed by atoms with Gasteiger partial charge in [0, 0.05) is 19.3 Å². The molecule has 4 heteroatoms. The maximum atomic E-state index is 12.1. The Hall–Kier alpha value is -1.55. The van der Waals surface area contributed by atoms with E-state index in [0.717, 1.165) is 25.2 Å². The lowest BCUT2D eigenvalue weighted by molar-refractivity contribution is 0.0952. The molecule has 0 unspecified atom stereocenters. The molecule has 2 rings (SSSR count). The van der Waals surface area contributed by atoms with Crippen LogP contribution in [0.15, 0.2) is 24.3 Å². The molecule has 1 aliphatic heterocycles. The second-order valence-corrected chi connectivity index (χ2v) is 5.31. The molecule has 0 saturated carbocycles. The van der Waals surface area contributed by atoms with Gasteiger partial charge in [0.1, 0.15) is 0 Å². The second kappa shape index (κ2) is 7.90. The van der Waals surface area contributed by atoms with Crippen LogP contribution in [-0.4, -0.2) is 44.0 Å². The van der Waals surface area contributed by atoms with Crippen molar-refractivity contribution in [3.63, 3.8) is 0 Å². The number of nitrogens with zero attached hydrogens (tertiary/aromatic N) is 1. The summed E-state index contributed by atoms with van der Waals surface area (Å²) in [6.45, 7) is 4.27. The molecule has 1 saturated heterocycles. The van der Waals surface area contributed by atoms with Crippen LogP contribution in [-0.2, 0) is 0 Å². The van der Waals surface area contributed by atoms with E-state index >= 15 is 0 Å². The first-order valence-corrected chi connectivity index (χ1v) is 7.58. The largest absolute Gasteiger partial charge is 0.387 e. The number of hydrogen-bond acceptors (Lipinski definition) is 3. The molecule has 0 spiro atoms.